The van der Waals surface area contributed by atoms with Gasteiger partial charge in [-0.3, -0.25) is 4.79 Å². The van der Waals surface area contributed by atoms with Crippen LogP contribution in [0.1, 0.15) is 13.8 Å². The third-order valence-corrected chi connectivity index (χ3v) is 2.99. The van der Waals surface area contributed by atoms with E-state index in [2.05, 4.69) is 4.98 Å². The molecule has 0 radical (unpaired) electrons. The third-order valence-electron chi connectivity index (χ3n) is 2.12. The number of hydrogen-bond donors (Lipinski definition) is 0. The van der Waals surface area contributed by atoms with Crippen molar-refractivity contribution in [1.29, 1.82) is 0 Å². The normalized spacial score (nSPS) is 10.8. The number of carbonyl (C=O) groups excluding carboxylic acids is 1. The second kappa shape index (κ2) is 5.14. The Bertz CT molecular complexity index is 488. The van der Waals surface area contributed by atoms with Crippen molar-refractivity contribution in [2.45, 2.75) is 26.5 Å². The first kappa shape index (κ1) is 11.9. The summed E-state index contributed by atoms with van der Waals surface area (Å²) < 4.78 is 6.91. The van der Waals surface area contributed by atoms with E-state index in [4.69, 9.17) is 4.74 Å². The van der Waals surface area contributed by atoms with Gasteiger partial charge < -0.3 is 9.30 Å². The van der Waals surface area contributed by atoms with Crippen LogP contribution in [0.4, 0.5) is 0 Å². The summed E-state index contributed by atoms with van der Waals surface area (Å²) in [6.45, 7) is 3.88. The highest BCUT2D eigenvalue weighted by atomic mass is 32.1. The van der Waals surface area contributed by atoms with E-state index in [9.17, 15) is 4.79 Å². The summed E-state index contributed by atoms with van der Waals surface area (Å²) in [5, 5.41) is 1.99. The molecule has 0 aromatic carbocycles. The minimum absolute atomic E-state index is 0.0868. The van der Waals surface area contributed by atoms with Crippen LogP contribution in [0.15, 0.2) is 29.9 Å². The second-order valence-corrected chi connectivity index (χ2v) is 4.84. The number of hydrogen-bond acceptors (Lipinski definition) is 4. The summed E-state index contributed by atoms with van der Waals surface area (Å²) >= 11 is 1.60. The number of ether oxygens (including phenoxy) is 1. The van der Waals surface area contributed by atoms with Gasteiger partial charge >= 0.3 is 5.97 Å². The van der Waals surface area contributed by atoms with E-state index in [0.717, 1.165) is 10.7 Å². The molecule has 2 heterocycles. The van der Waals surface area contributed by atoms with Crippen molar-refractivity contribution in [3.05, 3.63) is 29.9 Å². The monoisotopic (exact) mass is 250 g/mol. The molecule has 0 saturated heterocycles. The van der Waals surface area contributed by atoms with Crippen molar-refractivity contribution in [3.63, 3.8) is 0 Å². The largest absolute Gasteiger partial charge is 0.462 e. The summed E-state index contributed by atoms with van der Waals surface area (Å²) in [4.78, 5) is 16.9. The van der Waals surface area contributed by atoms with Crippen LogP contribution in [-0.4, -0.2) is 21.6 Å². The van der Waals surface area contributed by atoms with E-state index < -0.39 is 0 Å². The van der Waals surface area contributed by atoms with Gasteiger partial charge in [0.1, 0.15) is 6.54 Å². The summed E-state index contributed by atoms with van der Waals surface area (Å²) in [6, 6.07) is 3.95. The number of thiophene rings is 1. The fourth-order valence-electron chi connectivity index (χ4n) is 1.51. The molecule has 0 amide bonds. The first-order valence-electron chi connectivity index (χ1n) is 5.41. The van der Waals surface area contributed by atoms with Crippen molar-refractivity contribution < 1.29 is 9.53 Å². The van der Waals surface area contributed by atoms with E-state index in [1.54, 1.807) is 28.3 Å². The molecule has 0 N–H and O–H groups in total. The van der Waals surface area contributed by atoms with Crippen LogP contribution < -0.4 is 0 Å². The van der Waals surface area contributed by atoms with Gasteiger partial charge in [0, 0.05) is 12.4 Å². The van der Waals surface area contributed by atoms with Crippen molar-refractivity contribution in [3.8, 4) is 10.7 Å². The molecular weight excluding hydrogens is 236 g/mol. The van der Waals surface area contributed by atoms with E-state index in [1.807, 2.05) is 31.4 Å². The molecule has 2 aromatic rings. The lowest BCUT2D eigenvalue weighted by atomic mass is 10.4. The number of carbonyl (C=O) groups is 1. The Kier molecular flexibility index (Phi) is 3.58. The summed E-state index contributed by atoms with van der Waals surface area (Å²) in [7, 11) is 0. The fraction of sp³-hybridized carbons (Fsp3) is 0.333. The predicted molar refractivity (Wildman–Crippen MR) is 66.8 cm³/mol. The van der Waals surface area contributed by atoms with Crippen molar-refractivity contribution in [1.82, 2.24) is 9.55 Å². The average Bonchev–Trinajstić information content (AvgIpc) is 2.84. The number of imidazole rings is 1. The zero-order valence-electron chi connectivity index (χ0n) is 9.79. The van der Waals surface area contributed by atoms with Crippen LogP contribution in [0.5, 0.6) is 0 Å². The molecule has 0 unspecified atom stereocenters. The van der Waals surface area contributed by atoms with Gasteiger partial charge in [-0.25, -0.2) is 4.98 Å². The molecule has 4 nitrogen and oxygen atoms in total. The van der Waals surface area contributed by atoms with Gasteiger partial charge in [-0.1, -0.05) is 6.07 Å². The highest BCUT2D eigenvalue weighted by Gasteiger charge is 2.11. The lowest BCUT2D eigenvalue weighted by Gasteiger charge is -2.09. The number of esters is 1. The lowest BCUT2D eigenvalue weighted by molar-refractivity contribution is -0.148. The molecule has 0 bridgehead atoms. The zero-order chi connectivity index (χ0) is 12.3. The molecule has 0 aliphatic heterocycles. The summed E-state index contributed by atoms with van der Waals surface area (Å²) in [5.74, 6) is 0.566. The van der Waals surface area contributed by atoms with Crippen molar-refractivity contribution >= 4 is 17.3 Å². The topological polar surface area (TPSA) is 44.1 Å². The standard InChI is InChI=1S/C12H14N2O2S/c1-9(2)16-11(15)8-14-6-5-13-12(14)10-4-3-7-17-10/h3-7,9H,8H2,1-2H3. The maximum Gasteiger partial charge on any atom is 0.326 e. The van der Waals surface area contributed by atoms with Gasteiger partial charge in [0.05, 0.1) is 11.0 Å². The van der Waals surface area contributed by atoms with Crippen LogP contribution in [0.25, 0.3) is 10.7 Å². The Morgan fingerprint density at radius 1 is 1.59 bits per heavy atom. The van der Waals surface area contributed by atoms with Gasteiger partial charge in [0.25, 0.3) is 0 Å². The Labute approximate surface area is 104 Å². The number of nitrogens with zero attached hydrogens (tertiary/aromatic N) is 2. The Morgan fingerprint density at radius 3 is 3.06 bits per heavy atom. The van der Waals surface area contributed by atoms with Gasteiger partial charge in [-0.05, 0) is 25.3 Å². The molecule has 17 heavy (non-hydrogen) atoms. The SMILES string of the molecule is CC(C)OC(=O)Cn1ccnc1-c1cccs1. The van der Waals surface area contributed by atoms with Gasteiger partial charge in [-0.15, -0.1) is 11.3 Å². The maximum atomic E-state index is 11.6. The maximum absolute atomic E-state index is 11.6. The Hall–Kier alpha value is -1.62. The quantitative estimate of drug-likeness (QED) is 0.783. The van der Waals surface area contributed by atoms with Crippen LogP contribution in [0.3, 0.4) is 0 Å². The van der Waals surface area contributed by atoms with E-state index in [1.165, 1.54) is 0 Å². The minimum Gasteiger partial charge on any atom is -0.462 e. The van der Waals surface area contributed by atoms with E-state index >= 15 is 0 Å². The Balaban J connectivity index is 2.12. The third kappa shape index (κ3) is 2.94. The van der Waals surface area contributed by atoms with Gasteiger partial charge in [0.15, 0.2) is 5.82 Å². The van der Waals surface area contributed by atoms with Crippen LogP contribution in [0.2, 0.25) is 0 Å². The summed E-state index contributed by atoms with van der Waals surface area (Å²) in [6.07, 6.45) is 3.39. The fourth-order valence-corrected chi connectivity index (χ4v) is 2.24. The van der Waals surface area contributed by atoms with Crippen LogP contribution in [0, 0.1) is 0 Å². The molecule has 0 aliphatic carbocycles. The second-order valence-electron chi connectivity index (χ2n) is 3.89. The molecule has 5 heteroatoms. The molecule has 0 spiro atoms. The molecule has 0 atom stereocenters. The average molecular weight is 250 g/mol. The number of rotatable bonds is 4. The minimum atomic E-state index is -0.240. The van der Waals surface area contributed by atoms with E-state index in [0.29, 0.717) is 0 Å². The molecule has 2 rings (SSSR count). The zero-order valence-corrected chi connectivity index (χ0v) is 10.6. The summed E-state index contributed by atoms with van der Waals surface area (Å²) in [5.41, 5.74) is 0. The van der Waals surface area contributed by atoms with E-state index in [-0.39, 0.29) is 18.6 Å². The molecule has 0 aliphatic rings. The highest BCUT2D eigenvalue weighted by Crippen LogP contribution is 2.22. The smallest absolute Gasteiger partial charge is 0.326 e. The van der Waals surface area contributed by atoms with Gasteiger partial charge in [0.2, 0.25) is 0 Å². The molecule has 90 valence electrons. The van der Waals surface area contributed by atoms with Crippen LogP contribution >= 0.6 is 11.3 Å². The molecule has 2 aromatic heterocycles. The molecule has 0 saturated carbocycles. The first-order valence-corrected chi connectivity index (χ1v) is 6.29. The predicted octanol–water partition coefficient (Wildman–Crippen LogP) is 2.56. The Morgan fingerprint density at radius 2 is 2.41 bits per heavy atom. The molecular formula is C12H14N2O2S. The molecule has 0 fully saturated rings. The van der Waals surface area contributed by atoms with Crippen LogP contribution in [-0.2, 0) is 16.1 Å². The lowest BCUT2D eigenvalue weighted by Crippen LogP contribution is -2.17. The number of aromatic nitrogens is 2. The van der Waals surface area contributed by atoms with Crippen molar-refractivity contribution in [2.24, 2.45) is 0 Å². The van der Waals surface area contributed by atoms with Crippen molar-refractivity contribution in [2.75, 3.05) is 0 Å². The highest BCUT2D eigenvalue weighted by molar-refractivity contribution is 7.13. The first-order chi connectivity index (χ1) is 8.16. The van der Waals surface area contributed by atoms with Gasteiger partial charge in [-0.2, -0.15) is 0 Å².